The molecule has 0 bridgehead atoms. The van der Waals surface area contributed by atoms with Crippen molar-refractivity contribution in [2.45, 2.75) is 19.5 Å². The number of alkyl halides is 3. The molecule has 1 atom stereocenters. The zero-order valence-electron chi connectivity index (χ0n) is 10.6. The van der Waals surface area contributed by atoms with E-state index in [0.717, 1.165) is 6.07 Å². The van der Waals surface area contributed by atoms with Gasteiger partial charge in [0, 0.05) is 17.5 Å². The molecule has 0 spiro atoms. The number of carboxylic acids is 1. The number of benzene rings is 1. The van der Waals surface area contributed by atoms with Crippen molar-refractivity contribution in [1.82, 2.24) is 4.98 Å². The number of para-hydroxylation sites is 1. The van der Waals surface area contributed by atoms with Crippen molar-refractivity contribution in [1.29, 1.82) is 0 Å². The fraction of sp³-hybridized carbons (Fsp3) is 0.286. The zero-order chi connectivity index (χ0) is 14.9. The minimum absolute atomic E-state index is 0.0947. The molecule has 0 aliphatic carbocycles. The van der Waals surface area contributed by atoms with Crippen LogP contribution in [0.2, 0.25) is 0 Å². The largest absolute Gasteiger partial charge is 0.481 e. The molecule has 2 rings (SSSR count). The van der Waals surface area contributed by atoms with Crippen LogP contribution in [0.15, 0.2) is 30.3 Å². The van der Waals surface area contributed by atoms with Gasteiger partial charge in [0.15, 0.2) is 0 Å². The number of fused-ring (bicyclic) bond motifs is 1. The predicted octanol–water partition coefficient (Wildman–Crippen LogP) is 3.52. The van der Waals surface area contributed by atoms with E-state index in [9.17, 15) is 18.0 Å². The molecule has 1 heterocycles. The van der Waals surface area contributed by atoms with Crippen molar-refractivity contribution in [2.75, 3.05) is 0 Å². The lowest BCUT2D eigenvalue weighted by Gasteiger charge is -2.11. The van der Waals surface area contributed by atoms with Gasteiger partial charge in [0.2, 0.25) is 0 Å². The third-order valence-corrected chi connectivity index (χ3v) is 3.02. The number of carboxylic acid groups (broad SMARTS) is 1. The summed E-state index contributed by atoms with van der Waals surface area (Å²) in [4.78, 5) is 14.8. The Balaban J connectivity index is 2.49. The molecule has 0 aliphatic heterocycles. The SMILES string of the molecule is CC(Cc1ccc2cccc(C(F)(F)F)c2n1)C(=O)O. The van der Waals surface area contributed by atoms with Crippen molar-refractivity contribution in [3.8, 4) is 0 Å². The van der Waals surface area contributed by atoms with E-state index in [2.05, 4.69) is 4.98 Å². The lowest BCUT2D eigenvalue weighted by atomic mass is 10.0. The van der Waals surface area contributed by atoms with E-state index in [-0.39, 0.29) is 11.9 Å². The van der Waals surface area contributed by atoms with E-state index >= 15 is 0 Å². The third-order valence-electron chi connectivity index (χ3n) is 3.02. The molecule has 0 saturated carbocycles. The maximum absolute atomic E-state index is 12.9. The standard InChI is InChI=1S/C14H12F3NO2/c1-8(13(19)20)7-10-6-5-9-3-2-4-11(12(9)18-10)14(15,16)17/h2-6,8H,7H2,1H3,(H,19,20). The Morgan fingerprint density at radius 1 is 1.30 bits per heavy atom. The van der Waals surface area contributed by atoms with E-state index in [0.29, 0.717) is 11.1 Å². The Kier molecular flexibility index (Phi) is 3.65. The quantitative estimate of drug-likeness (QED) is 0.937. The van der Waals surface area contributed by atoms with Crippen LogP contribution >= 0.6 is 0 Å². The summed E-state index contributed by atoms with van der Waals surface area (Å²) in [6.07, 6.45) is -4.39. The molecular weight excluding hydrogens is 271 g/mol. The van der Waals surface area contributed by atoms with Gasteiger partial charge in [0.05, 0.1) is 17.0 Å². The van der Waals surface area contributed by atoms with Crippen LogP contribution in [0.4, 0.5) is 13.2 Å². The number of carbonyl (C=O) groups is 1. The van der Waals surface area contributed by atoms with Gasteiger partial charge in [-0.1, -0.05) is 25.1 Å². The second-order valence-electron chi connectivity index (χ2n) is 4.62. The van der Waals surface area contributed by atoms with Crippen LogP contribution in [0, 0.1) is 5.92 Å². The minimum Gasteiger partial charge on any atom is -0.481 e. The first-order valence-electron chi connectivity index (χ1n) is 5.97. The molecule has 1 aromatic carbocycles. The van der Waals surface area contributed by atoms with Crippen molar-refractivity contribution >= 4 is 16.9 Å². The van der Waals surface area contributed by atoms with Gasteiger partial charge in [-0.05, 0) is 12.1 Å². The Bertz CT molecular complexity index is 652. The number of nitrogens with zero attached hydrogens (tertiary/aromatic N) is 1. The summed E-state index contributed by atoms with van der Waals surface area (Å²) in [6.45, 7) is 1.49. The molecule has 1 N–H and O–H groups in total. The van der Waals surface area contributed by atoms with E-state index < -0.39 is 23.6 Å². The van der Waals surface area contributed by atoms with Crippen LogP contribution < -0.4 is 0 Å². The number of aliphatic carboxylic acids is 1. The molecule has 0 amide bonds. The monoisotopic (exact) mass is 283 g/mol. The molecule has 106 valence electrons. The molecule has 1 aromatic heterocycles. The molecular formula is C14H12F3NO2. The van der Waals surface area contributed by atoms with Gasteiger partial charge < -0.3 is 5.11 Å². The molecule has 0 saturated heterocycles. The topological polar surface area (TPSA) is 50.2 Å². The number of pyridine rings is 1. The normalized spacial score (nSPS) is 13.4. The van der Waals surface area contributed by atoms with Crippen molar-refractivity contribution < 1.29 is 23.1 Å². The maximum Gasteiger partial charge on any atom is 0.418 e. The number of hydrogen-bond acceptors (Lipinski definition) is 2. The first kappa shape index (κ1) is 14.3. The van der Waals surface area contributed by atoms with Crippen LogP contribution in [-0.2, 0) is 17.4 Å². The molecule has 0 aliphatic rings. The van der Waals surface area contributed by atoms with E-state index in [1.165, 1.54) is 19.1 Å². The van der Waals surface area contributed by atoms with E-state index in [1.807, 2.05) is 0 Å². The van der Waals surface area contributed by atoms with Gasteiger partial charge in [-0.3, -0.25) is 9.78 Å². The summed E-state index contributed by atoms with van der Waals surface area (Å²) in [5, 5.41) is 9.21. The van der Waals surface area contributed by atoms with Crippen molar-refractivity contribution in [3.63, 3.8) is 0 Å². The van der Waals surface area contributed by atoms with Crippen LogP contribution in [0.5, 0.6) is 0 Å². The second kappa shape index (κ2) is 5.11. The van der Waals surface area contributed by atoms with Crippen molar-refractivity contribution in [2.24, 2.45) is 5.92 Å². The first-order chi connectivity index (χ1) is 9.29. The van der Waals surface area contributed by atoms with Gasteiger partial charge in [-0.2, -0.15) is 13.2 Å². The highest BCUT2D eigenvalue weighted by atomic mass is 19.4. The molecule has 20 heavy (non-hydrogen) atoms. The fourth-order valence-electron chi connectivity index (χ4n) is 1.93. The molecule has 0 fully saturated rings. The van der Waals surface area contributed by atoms with Gasteiger partial charge in [0.25, 0.3) is 0 Å². The Morgan fingerprint density at radius 2 is 2.00 bits per heavy atom. The summed E-state index contributed by atoms with van der Waals surface area (Å²) in [6, 6.07) is 6.93. The number of halogens is 3. The van der Waals surface area contributed by atoms with Crippen LogP contribution in [0.3, 0.4) is 0 Å². The van der Waals surface area contributed by atoms with Gasteiger partial charge in [0.1, 0.15) is 0 Å². The highest BCUT2D eigenvalue weighted by Gasteiger charge is 2.33. The lowest BCUT2D eigenvalue weighted by molar-refractivity contribution is -0.141. The Labute approximate surface area is 113 Å². The highest BCUT2D eigenvalue weighted by molar-refractivity contribution is 5.82. The molecule has 0 radical (unpaired) electrons. The van der Waals surface area contributed by atoms with Crippen LogP contribution in [-0.4, -0.2) is 16.1 Å². The van der Waals surface area contributed by atoms with Crippen LogP contribution in [0.25, 0.3) is 10.9 Å². The predicted molar refractivity (Wildman–Crippen MR) is 67.2 cm³/mol. The number of aromatic nitrogens is 1. The lowest BCUT2D eigenvalue weighted by Crippen LogP contribution is -2.13. The molecule has 6 heteroatoms. The van der Waals surface area contributed by atoms with Crippen molar-refractivity contribution in [3.05, 3.63) is 41.6 Å². The average molecular weight is 283 g/mol. The second-order valence-corrected chi connectivity index (χ2v) is 4.62. The average Bonchev–Trinajstić information content (AvgIpc) is 2.36. The number of rotatable bonds is 3. The summed E-state index contributed by atoms with van der Waals surface area (Å²) < 4.78 is 38.7. The van der Waals surface area contributed by atoms with Crippen LogP contribution in [0.1, 0.15) is 18.2 Å². The van der Waals surface area contributed by atoms with E-state index in [1.54, 1.807) is 12.1 Å². The summed E-state index contributed by atoms with van der Waals surface area (Å²) in [5.41, 5.74) is -0.612. The molecule has 1 unspecified atom stereocenters. The molecule has 2 aromatic rings. The van der Waals surface area contributed by atoms with E-state index in [4.69, 9.17) is 5.11 Å². The summed E-state index contributed by atoms with van der Waals surface area (Å²) in [5.74, 6) is -1.70. The zero-order valence-corrected chi connectivity index (χ0v) is 10.6. The highest BCUT2D eigenvalue weighted by Crippen LogP contribution is 2.33. The minimum atomic E-state index is -4.48. The Morgan fingerprint density at radius 3 is 2.60 bits per heavy atom. The van der Waals surface area contributed by atoms with Gasteiger partial charge in [-0.15, -0.1) is 0 Å². The Hall–Kier alpha value is -2.11. The fourth-order valence-corrected chi connectivity index (χ4v) is 1.93. The van der Waals surface area contributed by atoms with Gasteiger partial charge >= 0.3 is 12.1 Å². The van der Waals surface area contributed by atoms with Gasteiger partial charge in [-0.25, -0.2) is 0 Å². The summed E-state index contributed by atoms with van der Waals surface area (Å²) in [7, 11) is 0. The number of hydrogen-bond donors (Lipinski definition) is 1. The molecule has 3 nitrogen and oxygen atoms in total. The smallest absolute Gasteiger partial charge is 0.418 e. The third kappa shape index (κ3) is 2.89. The first-order valence-corrected chi connectivity index (χ1v) is 5.97. The maximum atomic E-state index is 12.9. The summed E-state index contributed by atoms with van der Waals surface area (Å²) >= 11 is 0.